The van der Waals surface area contributed by atoms with E-state index in [1.54, 1.807) is 0 Å². The van der Waals surface area contributed by atoms with Crippen molar-refractivity contribution in [1.29, 1.82) is 0 Å². The van der Waals surface area contributed by atoms with Gasteiger partial charge in [-0.25, -0.2) is 0 Å². The van der Waals surface area contributed by atoms with Gasteiger partial charge in [-0.1, -0.05) is 42.5 Å². The van der Waals surface area contributed by atoms with Crippen LogP contribution in [0.2, 0.25) is 0 Å². The van der Waals surface area contributed by atoms with Gasteiger partial charge in [0, 0.05) is 25.2 Å². The average molecular weight is 365 g/mol. The second-order valence-electron chi connectivity index (χ2n) is 7.19. The topological polar surface area (TPSA) is 52.7 Å². The largest absolute Gasteiger partial charge is 0.354 e. The molecule has 1 unspecified atom stereocenters. The molecule has 1 aliphatic rings. The molecular weight excluding hydrogens is 338 g/mol. The van der Waals surface area contributed by atoms with Crippen LogP contribution in [0.25, 0.3) is 0 Å². The standard InChI is InChI=1S/C22H27N3O2/c1-24(2)20(18-7-4-3-5-8-18)16-23-21(26)15-17-10-12-19(13-11-17)25-14-6-9-22(25)27/h3-5,7-8,10-13,20H,6,9,14-16H2,1-2H3,(H,23,26). The average Bonchev–Trinajstić information content (AvgIpc) is 3.09. The van der Waals surface area contributed by atoms with E-state index < -0.39 is 0 Å². The molecule has 27 heavy (non-hydrogen) atoms. The Morgan fingerprint density at radius 3 is 2.41 bits per heavy atom. The predicted molar refractivity (Wildman–Crippen MR) is 108 cm³/mol. The minimum atomic E-state index is 0.00257. The van der Waals surface area contributed by atoms with Gasteiger partial charge in [0.15, 0.2) is 0 Å². The molecule has 0 bridgehead atoms. The molecule has 1 atom stereocenters. The fourth-order valence-electron chi connectivity index (χ4n) is 3.45. The molecule has 0 saturated carbocycles. The number of nitrogens with one attached hydrogen (secondary N) is 1. The van der Waals surface area contributed by atoms with Crippen molar-refractivity contribution >= 4 is 17.5 Å². The van der Waals surface area contributed by atoms with Crippen LogP contribution in [0, 0.1) is 0 Å². The second kappa shape index (κ2) is 8.82. The van der Waals surface area contributed by atoms with Gasteiger partial charge in [0.25, 0.3) is 0 Å². The van der Waals surface area contributed by atoms with Gasteiger partial charge >= 0.3 is 0 Å². The molecule has 3 rings (SSSR count). The summed E-state index contributed by atoms with van der Waals surface area (Å²) < 4.78 is 0. The zero-order chi connectivity index (χ0) is 19.2. The van der Waals surface area contributed by atoms with Gasteiger partial charge in [0.1, 0.15) is 0 Å². The van der Waals surface area contributed by atoms with Gasteiger partial charge in [0.05, 0.1) is 12.5 Å². The number of hydrogen-bond acceptors (Lipinski definition) is 3. The number of rotatable bonds is 7. The highest BCUT2D eigenvalue weighted by Gasteiger charge is 2.21. The lowest BCUT2D eigenvalue weighted by atomic mass is 10.1. The Morgan fingerprint density at radius 1 is 1.11 bits per heavy atom. The highest BCUT2D eigenvalue weighted by atomic mass is 16.2. The van der Waals surface area contributed by atoms with E-state index in [0.29, 0.717) is 19.4 Å². The number of carbonyl (C=O) groups excluding carboxylic acids is 2. The van der Waals surface area contributed by atoms with Gasteiger partial charge in [-0.3, -0.25) is 9.59 Å². The summed E-state index contributed by atoms with van der Waals surface area (Å²) in [4.78, 5) is 28.1. The third kappa shape index (κ3) is 4.95. The Hall–Kier alpha value is -2.66. The summed E-state index contributed by atoms with van der Waals surface area (Å²) in [5.74, 6) is 0.180. The predicted octanol–water partition coefficient (Wildman–Crippen LogP) is 2.78. The molecule has 5 heteroatoms. The van der Waals surface area contributed by atoms with E-state index in [-0.39, 0.29) is 17.9 Å². The molecule has 0 aromatic heterocycles. The van der Waals surface area contributed by atoms with E-state index in [1.807, 2.05) is 61.5 Å². The van der Waals surface area contributed by atoms with Crippen molar-refractivity contribution in [2.24, 2.45) is 0 Å². The van der Waals surface area contributed by atoms with E-state index in [1.165, 1.54) is 5.56 Å². The maximum Gasteiger partial charge on any atom is 0.227 e. The van der Waals surface area contributed by atoms with E-state index in [4.69, 9.17) is 0 Å². The molecule has 1 aliphatic heterocycles. The smallest absolute Gasteiger partial charge is 0.227 e. The van der Waals surface area contributed by atoms with Crippen molar-refractivity contribution < 1.29 is 9.59 Å². The quantitative estimate of drug-likeness (QED) is 0.821. The normalized spacial score (nSPS) is 15.2. The number of likely N-dealkylation sites (N-methyl/N-ethyl adjacent to an activating group) is 1. The molecule has 1 fully saturated rings. The van der Waals surface area contributed by atoms with E-state index in [0.717, 1.165) is 24.2 Å². The van der Waals surface area contributed by atoms with Crippen LogP contribution in [0.1, 0.15) is 30.0 Å². The molecule has 5 nitrogen and oxygen atoms in total. The van der Waals surface area contributed by atoms with E-state index in [9.17, 15) is 9.59 Å². The summed E-state index contributed by atoms with van der Waals surface area (Å²) >= 11 is 0. The first-order chi connectivity index (χ1) is 13.0. The maximum absolute atomic E-state index is 12.4. The van der Waals surface area contributed by atoms with Gasteiger partial charge in [-0.05, 0) is 43.8 Å². The number of anilines is 1. The zero-order valence-corrected chi connectivity index (χ0v) is 16.0. The van der Waals surface area contributed by atoms with Crippen molar-refractivity contribution in [3.05, 3.63) is 65.7 Å². The van der Waals surface area contributed by atoms with Crippen molar-refractivity contribution in [3.63, 3.8) is 0 Å². The van der Waals surface area contributed by atoms with E-state index >= 15 is 0 Å². The summed E-state index contributed by atoms with van der Waals surface area (Å²) in [6.45, 7) is 1.35. The van der Waals surface area contributed by atoms with Crippen LogP contribution in [0.15, 0.2) is 54.6 Å². The van der Waals surface area contributed by atoms with Crippen molar-refractivity contribution in [2.45, 2.75) is 25.3 Å². The Kier molecular flexibility index (Phi) is 6.24. The summed E-state index contributed by atoms with van der Waals surface area (Å²) in [5.41, 5.74) is 3.05. The Bertz CT molecular complexity index is 772. The molecule has 0 radical (unpaired) electrons. The fourth-order valence-corrected chi connectivity index (χ4v) is 3.45. The zero-order valence-electron chi connectivity index (χ0n) is 16.0. The lowest BCUT2D eigenvalue weighted by molar-refractivity contribution is -0.120. The number of hydrogen-bond donors (Lipinski definition) is 1. The van der Waals surface area contributed by atoms with Crippen molar-refractivity contribution in [1.82, 2.24) is 10.2 Å². The van der Waals surface area contributed by atoms with Gasteiger partial charge in [0.2, 0.25) is 11.8 Å². The van der Waals surface area contributed by atoms with Crippen LogP contribution in [0.3, 0.4) is 0 Å². The molecule has 142 valence electrons. The highest BCUT2D eigenvalue weighted by Crippen LogP contribution is 2.22. The first-order valence-corrected chi connectivity index (χ1v) is 9.42. The summed E-state index contributed by atoms with van der Waals surface area (Å²) in [7, 11) is 4.03. The summed E-state index contributed by atoms with van der Waals surface area (Å²) in [6.07, 6.45) is 1.87. The second-order valence-corrected chi connectivity index (χ2v) is 7.19. The van der Waals surface area contributed by atoms with Crippen LogP contribution in [0.4, 0.5) is 5.69 Å². The highest BCUT2D eigenvalue weighted by molar-refractivity contribution is 5.95. The van der Waals surface area contributed by atoms with Gasteiger partial charge in [-0.2, -0.15) is 0 Å². The molecule has 2 aromatic carbocycles. The molecule has 0 aliphatic carbocycles. The van der Waals surface area contributed by atoms with Crippen LogP contribution in [-0.4, -0.2) is 43.9 Å². The van der Waals surface area contributed by atoms with Crippen LogP contribution in [0.5, 0.6) is 0 Å². The molecular formula is C22H27N3O2. The first-order valence-electron chi connectivity index (χ1n) is 9.42. The number of carbonyl (C=O) groups is 2. The van der Waals surface area contributed by atoms with Crippen LogP contribution in [-0.2, 0) is 16.0 Å². The van der Waals surface area contributed by atoms with Crippen LogP contribution >= 0.6 is 0 Å². The van der Waals surface area contributed by atoms with E-state index in [2.05, 4.69) is 22.3 Å². The lowest BCUT2D eigenvalue weighted by Gasteiger charge is -2.25. The maximum atomic E-state index is 12.4. The van der Waals surface area contributed by atoms with Crippen molar-refractivity contribution in [3.8, 4) is 0 Å². The molecule has 2 amide bonds. The van der Waals surface area contributed by atoms with Crippen molar-refractivity contribution in [2.75, 3.05) is 32.1 Å². The summed E-state index contributed by atoms with van der Waals surface area (Å²) in [6, 6.07) is 18.0. The van der Waals surface area contributed by atoms with Gasteiger partial charge < -0.3 is 15.1 Å². The minimum absolute atomic E-state index is 0.00257. The Labute approximate surface area is 161 Å². The number of amides is 2. The third-order valence-electron chi connectivity index (χ3n) is 4.99. The van der Waals surface area contributed by atoms with Crippen LogP contribution < -0.4 is 10.2 Å². The SMILES string of the molecule is CN(C)C(CNC(=O)Cc1ccc(N2CCCC2=O)cc1)c1ccccc1. The first kappa shape index (κ1) is 19.1. The number of nitrogens with zero attached hydrogens (tertiary/aromatic N) is 2. The summed E-state index contributed by atoms with van der Waals surface area (Å²) in [5, 5.41) is 3.04. The number of benzene rings is 2. The molecule has 2 aromatic rings. The molecule has 1 N–H and O–H groups in total. The Morgan fingerprint density at radius 2 is 1.81 bits per heavy atom. The monoisotopic (exact) mass is 365 g/mol. The molecule has 0 spiro atoms. The lowest BCUT2D eigenvalue weighted by Crippen LogP contribution is -2.35. The molecule has 1 heterocycles. The fraction of sp³-hybridized carbons (Fsp3) is 0.364. The Balaban J connectivity index is 1.55. The molecule has 1 saturated heterocycles. The van der Waals surface area contributed by atoms with Gasteiger partial charge in [-0.15, -0.1) is 0 Å². The third-order valence-corrected chi connectivity index (χ3v) is 4.99. The minimum Gasteiger partial charge on any atom is -0.354 e.